The number of aryl methyl sites for hydroxylation is 2. The number of benzene rings is 2. The highest BCUT2D eigenvalue weighted by atomic mass is 16.3. The summed E-state index contributed by atoms with van der Waals surface area (Å²) in [6.45, 7) is 6.20. The van der Waals surface area contributed by atoms with Gasteiger partial charge in [-0.2, -0.15) is 0 Å². The maximum Gasteiger partial charge on any atom is 0.122 e. The molecule has 0 radical (unpaired) electrons. The van der Waals surface area contributed by atoms with Gasteiger partial charge in [-0.15, -0.1) is 0 Å². The van der Waals surface area contributed by atoms with Gasteiger partial charge in [-0.05, 0) is 43.0 Å². The van der Waals surface area contributed by atoms with Crippen LogP contribution in [0.25, 0.3) is 0 Å². The van der Waals surface area contributed by atoms with E-state index < -0.39 is 0 Å². The molecule has 37 heavy (non-hydrogen) atoms. The molecule has 0 aliphatic heterocycles. The van der Waals surface area contributed by atoms with Gasteiger partial charge in [0.05, 0.1) is 0 Å². The lowest BCUT2D eigenvalue weighted by Gasteiger charge is -2.21. The van der Waals surface area contributed by atoms with Gasteiger partial charge in [0.1, 0.15) is 11.5 Å². The van der Waals surface area contributed by atoms with E-state index in [2.05, 4.69) is 19.1 Å². The summed E-state index contributed by atoms with van der Waals surface area (Å²) in [6, 6.07) is 12.0. The van der Waals surface area contributed by atoms with Crippen LogP contribution in [0.2, 0.25) is 0 Å². The van der Waals surface area contributed by atoms with E-state index in [-0.39, 0.29) is 5.92 Å². The van der Waals surface area contributed by atoms with Crippen molar-refractivity contribution in [3.8, 4) is 11.5 Å². The van der Waals surface area contributed by atoms with Crippen molar-refractivity contribution >= 4 is 0 Å². The third kappa shape index (κ3) is 12.4. The molecule has 0 heterocycles. The van der Waals surface area contributed by atoms with Crippen LogP contribution < -0.4 is 0 Å². The zero-order valence-corrected chi connectivity index (χ0v) is 24.4. The van der Waals surface area contributed by atoms with Crippen molar-refractivity contribution in [2.24, 2.45) is 0 Å². The fraction of sp³-hybridized carbons (Fsp3) is 0.657. The standard InChI is InChI=1S/C35H56O2/c1-4-5-6-7-8-9-10-11-12-13-14-15-16-17-18-19-20-21-24-32(31-26-27-34(36)30(3)28-31)33-25-22-23-29(2)35(33)37/h22-23,25-28,32,36-37H,4-21,24H2,1-3H3. The minimum atomic E-state index is 0.167. The number of hydrogen-bond donors (Lipinski definition) is 2. The van der Waals surface area contributed by atoms with Crippen LogP contribution in [0.3, 0.4) is 0 Å². The van der Waals surface area contributed by atoms with Gasteiger partial charge in [0.15, 0.2) is 0 Å². The van der Waals surface area contributed by atoms with Crippen molar-refractivity contribution in [2.75, 3.05) is 0 Å². The highest BCUT2D eigenvalue weighted by Crippen LogP contribution is 2.38. The van der Waals surface area contributed by atoms with Crippen LogP contribution in [0.15, 0.2) is 36.4 Å². The molecule has 2 N–H and O–H groups in total. The van der Waals surface area contributed by atoms with E-state index in [0.717, 1.165) is 29.5 Å². The molecule has 0 bridgehead atoms. The Balaban J connectivity index is 1.57. The average Bonchev–Trinajstić information content (AvgIpc) is 2.89. The summed E-state index contributed by atoms with van der Waals surface area (Å²) in [4.78, 5) is 0. The molecule has 0 aromatic heterocycles. The summed E-state index contributed by atoms with van der Waals surface area (Å²) in [6.07, 6.45) is 26.0. The van der Waals surface area contributed by atoms with Crippen molar-refractivity contribution < 1.29 is 10.2 Å². The van der Waals surface area contributed by atoms with Gasteiger partial charge in [0.2, 0.25) is 0 Å². The lowest BCUT2D eigenvalue weighted by Crippen LogP contribution is -2.03. The number of phenols is 2. The van der Waals surface area contributed by atoms with Gasteiger partial charge in [-0.25, -0.2) is 0 Å². The van der Waals surface area contributed by atoms with Gasteiger partial charge >= 0.3 is 0 Å². The number of rotatable bonds is 21. The Morgan fingerprint density at radius 2 is 1.05 bits per heavy atom. The van der Waals surface area contributed by atoms with Crippen LogP contribution in [0.1, 0.15) is 157 Å². The van der Waals surface area contributed by atoms with E-state index in [1.54, 1.807) is 6.07 Å². The molecular weight excluding hydrogens is 452 g/mol. The lowest BCUT2D eigenvalue weighted by molar-refractivity contribution is 0.455. The summed E-state index contributed by atoms with van der Waals surface area (Å²) in [5, 5.41) is 20.7. The monoisotopic (exact) mass is 508 g/mol. The molecule has 208 valence electrons. The summed E-state index contributed by atoms with van der Waals surface area (Å²) < 4.78 is 0. The van der Waals surface area contributed by atoms with Crippen LogP contribution in [-0.4, -0.2) is 10.2 Å². The fourth-order valence-electron chi connectivity index (χ4n) is 5.61. The Hall–Kier alpha value is -1.96. The normalized spacial score (nSPS) is 12.2. The molecule has 1 atom stereocenters. The number of para-hydroxylation sites is 1. The second-order valence-electron chi connectivity index (χ2n) is 11.4. The average molecular weight is 509 g/mol. The Morgan fingerprint density at radius 3 is 1.54 bits per heavy atom. The van der Waals surface area contributed by atoms with Crippen LogP contribution >= 0.6 is 0 Å². The lowest BCUT2D eigenvalue weighted by atomic mass is 9.84. The summed E-state index contributed by atoms with van der Waals surface area (Å²) >= 11 is 0. The number of unbranched alkanes of at least 4 members (excludes halogenated alkanes) is 17. The minimum absolute atomic E-state index is 0.167. The third-order valence-corrected chi connectivity index (χ3v) is 8.11. The van der Waals surface area contributed by atoms with E-state index >= 15 is 0 Å². The first-order valence-electron chi connectivity index (χ1n) is 15.6. The molecule has 0 saturated carbocycles. The molecule has 2 aromatic carbocycles. The maximum absolute atomic E-state index is 10.8. The van der Waals surface area contributed by atoms with E-state index in [0.29, 0.717) is 11.5 Å². The molecule has 0 aliphatic carbocycles. The molecule has 0 spiro atoms. The smallest absolute Gasteiger partial charge is 0.122 e. The van der Waals surface area contributed by atoms with Gasteiger partial charge in [0, 0.05) is 11.5 Å². The molecule has 2 rings (SSSR count). The Kier molecular flexibility index (Phi) is 16.2. The molecule has 1 unspecified atom stereocenters. The minimum Gasteiger partial charge on any atom is -0.508 e. The molecular formula is C35H56O2. The molecule has 2 nitrogen and oxygen atoms in total. The van der Waals surface area contributed by atoms with Crippen LogP contribution in [0.4, 0.5) is 0 Å². The molecule has 2 aromatic rings. The van der Waals surface area contributed by atoms with Gasteiger partial charge in [0.25, 0.3) is 0 Å². The Bertz CT molecular complexity index is 856. The second-order valence-corrected chi connectivity index (χ2v) is 11.4. The van der Waals surface area contributed by atoms with Crippen molar-refractivity contribution in [3.63, 3.8) is 0 Å². The highest BCUT2D eigenvalue weighted by molar-refractivity contribution is 5.47. The molecule has 0 aliphatic rings. The summed E-state index contributed by atoms with van der Waals surface area (Å²) in [5.41, 5.74) is 4.02. The predicted octanol–water partition coefficient (Wildman–Crippen LogP) is 11.3. The first-order valence-corrected chi connectivity index (χ1v) is 15.6. The van der Waals surface area contributed by atoms with Crippen molar-refractivity contribution in [1.29, 1.82) is 0 Å². The second kappa shape index (κ2) is 19.2. The Morgan fingerprint density at radius 1 is 0.568 bits per heavy atom. The first kappa shape index (κ1) is 31.3. The van der Waals surface area contributed by atoms with Gasteiger partial charge in [-0.3, -0.25) is 0 Å². The van der Waals surface area contributed by atoms with Crippen LogP contribution in [0.5, 0.6) is 11.5 Å². The zero-order chi connectivity index (χ0) is 26.7. The SMILES string of the molecule is CCCCCCCCCCCCCCCCCCCCC(c1ccc(O)c(C)c1)c1cccc(C)c1O. The molecule has 0 saturated heterocycles. The maximum atomic E-state index is 10.8. The molecule has 2 heteroatoms. The summed E-state index contributed by atoms with van der Waals surface area (Å²) in [5.74, 6) is 0.921. The summed E-state index contributed by atoms with van der Waals surface area (Å²) in [7, 11) is 0. The van der Waals surface area contributed by atoms with E-state index in [1.807, 2.05) is 32.0 Å². The quantitative estimate of drug-likeness (QED) is 0.165. The molecule has 0 amide bonds. The largest absolute Gasteiger partial charge is 0.508 e. The van der Waals surface area contributed by atoms with Crippen molar-refractivity contribution in [3.05, 3.63) is 58.7 Å². The predicted molar refractivity (Wildman–Crippen MR) is 161 cm³/mol. The Labute approximate surface area is 228 Å². The number of aromatic hydroxyl groups is 2. The third-order valence-electron chi connectivity index (χ3n) is 8.11. The van der Waals surface area contributed by atoms with Gasteiger partial charge in [-0.1, -0.05) is 153 Å². The van der Waals surface area contributed by atoms with Gasteiger partial charge < -0.3 is 10.2 Å². The number of hydrogen-bond acceptors (Lipinski definition) is 2. The molecule has 0 fully saturated rings. The van der Waals surface area contributed by atoms with Crippen molar-refractivity contribution in [2.45, 2.75) is 149 Å². The van der Waals surface area contributed by atoms with Crippen molar-refractivity contribution in [1.82, 2.24) is 0 Å². The number of phenolic OH excluding ortho intramolecular Hbond substituents is 2. The van der Waals surface area contributed by atoms with E-state index in [1.165, 1.54) is 115 Å². The van der Waals surface area contributed by atoms with Crippen LogP contribution in [0, 0.1) is 13.8 Å². The van der Waals surface area contributed by atoms with Crippen LogP contribution in [-0.2, 0) is 0 Å². The topological polar surface area (TPSA) is 40.5 Å². The van der Waals surface area contributed by atoms with E-state index in [4.69, 9.17) is 0 Å². The fourth-order valence-corrected chi connectivity index (χ4v) is 5.61. The highest BCUT2D eigenvalue weighted by Gasteiger charge is 2.19. The first-order chi connectivity index (χ1) is 18.0. The zero-order valence-electron chi connectivity index (χ0n) is 24.4. The van der Waals surface area contributed by atoms with E-state index in [9.17, 15) is 10.2 Å².